The molecule has 3 rings (SSSR count). The molecule has 7 nitrogen and oxygen atoms in total. The van der Waals surface area contributed by atoms with Gasteiger partial charge in [0.25, 0.3) is 0 Å². The highest BCUT2D eigenvalue weighted by atomic mass is 35.5. The number of hydrogen-bond acceptors (Lipinski definition) is 7. The van der Waals surface area contributed by atoms with E-state index in [1.165, 1.54) is 0 Å². The summed E-state index contributed by atoms with van der Waals surface area (Å²) < 4.78 is 5.58. The zero-order valence-electron chi connectivity index (χ0n) is 18.2. The van der Waals surface area contributed by atoms with Gasteiger partial charge in [-0.05, 0) is 59.4 Å². The van der Waals surface area contributed by atoms with Crippen molar-refractivity contribution in [2.24, 2.45) is 0 Å². The largest absolute Gasteiger partial charge is 0.444 e. The van der Waals surface area contributed by atoms with Gasteiger partial charge in [0, 0.05) is 37.4 Å². The van der Waals surface area contributed by atoms with Crippen LogP contribution in [0, 0.1) is 0 Å². The van der Waals surface area contributed by atoms with E-state index < -0.39 is 5.60 Å². The highest BCUT2D eigenvalue weighted by molar-refractivity contribution is 7.14. The minimum Gasteiger partial charge on any atom is -0.444 e. The van der Waals surface area contributed by atoms with Gasteiger partial charge in [0.05, 0.1) is 5.56 Å². The molecule has 164 valence electrons. The van der Waals surface area contributed by atoms with E-state index in [1.807, 2.05) is 39.6 Å². The predicted molar refractivity (Wildman–Crippen MR) is 121 cm³/mol. The second-order valence-corrected chi connectivity index (χ2v) is 9.92. The number of amides is 1. The third-order valence-corrected chi connectivity index (χ3v) is 6.59. The Morgan fingerprint density at radius 2 is 2.00 bits per heavy atom. The van der Waals surface area contributed by atoms with E-state index in [-0.39, 0.29) is 12.1 Å². The molecule has 2 heterocycles. The van der Waals surface area contributed by atoms with Gasteiger partial charge < -0.3 is 15.0 Å². The summed E-state index contributed by atoms with van der Waals surface area (Å²) in [6.45, 7) is 8.37. The van der Waals surface area contributed by atoms with Gasteiger partial charge in [-0.2, -0.15) is 0 Å². The molecule has 0 aromatic carbocycles. The van der Waals surface area contributed by atoms with Crippen LogP contribution >= 0.6 is 22.9 Å². The Bertz CT molecular complexity index is 875. The van der Waals surface area contributed by atoms with Crippen LogP contribution in [0.15, 0.2) is 12.3 Å². The Morgan fingerprint density at radius 3 is 2.60 bits per heavy atom. The molecule has 1 fully saturated rings. The molecule has 0 radical (unpaired) electrons. The summed E-state index contributed by atoms with van der Waals surface area (Å²) in [7, 11) is 1.85. The molecule has 2 aromatic rings. The third-order valence-electron chi connectivity index (χ3n) is 5.27. The van der Waals surface area contributed by atoms with E-state index in [2.05, 4.69) is 20.5 Å². The van der Waals surface area contributed by atoms with Crippen molar-refractivity contribution in [3.63, 3.8) is 0 Å². The maximum absolute atomic E-state index is 12.5. The van der Waals surface area contributed by atoms with Gasteiger partial charge >= 0.3 is 6.09 Å². The monoisotopic (exact) mass is 451 g/mol. The van der Waals surface area contributed by atoms with Crippen molar-refractivity contribution in [1.82, 2.24) is 20.1 Å². The first-order valence-corrected chi connectivity index (χ1v) is 11.6. The van der Waals surface area contributed by atoms with Crippen LogP contribution in [-0.4, -0.2) is 51.4 Å². The Morgan fingerprint density at radius 1 is 1.30 bits per heavy atom. The van der Waals surface area contributed by atoms with E-state index in [0.29, 0.717) is 17.6 Å². The first-order chi connectivity index (χ1) is 14.2. The summed E-state index contributed by atoms with van der Waals surface area (Å²) in [5.74, 6) is 0.364. The number of aromatic nitrogens is 3. The highest BCUT2D eigenvalue weighted by Gasteiger charge is 2.32. The zero-order chi connectivity index (χ0) is 21.9. The van der Waals surface area contributed by atoms with Crippen molar-refractivity contribution >= 4 is 34.7 Å². The van der Waals surface area contributed by atoms with E-state index in [4.69, 9.17) is 16.3 Å². The summed E-state index contributed by atoms with van der Waals surface area (Å²) in [4.78, 5) is 18.6. The van der Waals surface area contributed by atoms with Crippen LogP contribution in [-0.2, 0) is 4.74 Å². The number of carbonyl (C=O) groups is 1. The van der Waals surface area contributed by atoms with E-state index in [1.54, 1.807) is 23.6 Å². The van der Waals surface area contributed by atoms with Gasteiger partial charge in [-0.15, -0.1) is 10.2 Å². The lowest BCUT2D eigenvalue weighted by molar-refractivity contribution is 0.0129. The number of ether oxygens (including phenoxy) is 1. The van der Waals surface area contributed by atoms with E-state index in [0.717, 1.165) is 46.9 Å². The normalized spacial score (nSPS) is 19.4. The number of carbonyl (C=O) groups excluding carboxylic acids is 1. The van der Waals surface area contributed by atoms with Crippen LogP contribution in [0.3, 0.4) is 0 Å². The van der Waals surface area contributed by atoms with Crippen LogP contribution in [0.1, 0.15) is 64.3 Å². The van der Waals surface area contributed by atoms with Crippen LogP contribution in [0.5, 0.6) is 0 Å². The summed E-state index contributed by atoms with van der Waals surface area (Å²) in [5.41, 5.74) is 1.31. The number of hydrogen-bond donors (Lipinski definition) is 1. The zero-order valence-corrected chi connectivity index (χ0v) is 19.8. The molecule has 0 atom stereocenters. The number of anilines is 1. The SMILES string of the molecule is CCN(C(=O)OC(C)(C)C)C1CCC(c2nnc(-c3cnc(Cl)cc3NC)s2)CC1. The molecule has 30 heavy (non-hydrogen) atoms. The number of halogens is 1. The van der Waals surface area contributed by atoms with Crippen molar-refractivity contribution in [3.8, 4) is 10.6 Å². The maximum Gasteiger partial charge on any atom is 0.410 e. The molecule has 0 bridgehead atoms. The minimum atomic E-state index is -0.479. The van der Waals surface area contributed by atoms with Crippen molar-refractivity contribution < 1.29 is 9.53 Å². The smallest absolute Gasteiger partial charge is 0.410 e. The summed E-state index contributed by atoms with van der Waals surface area (Å²) in [6.07, 6.45) is 5.36. The van der Waals surface area contributed by atoms with Gasteiger partial charge in [-0.1, -0.05) is 22.9 Å². The molecule has 0 aliphatic heterocycles. The third kappa shape index (κ3) is 5.40. The van der Waals surface area contributed by atoms with Crippen LogP contribution in [0.2, 0.25) is 5.15 Å². The van der Waals surface area contributed by atoms with E-state index in [9.17, 15) is 4.79 Å². The molecule has 1 N–H and O–H groups in total. The molecule has 1 amide bonds. The second kappa shape index (κ2) is 9.47. The van der Waals surface area contributed by atoms with Crippen LogP contribution in [0.4, 0.5) is 10.5 Å². The average molecular weight is 452 g/mol. The standard InChI is InChI=1S/C21H30ClN5O2S/c1-6-27(20(28)29-21(2,3)4)14-9-7-13(8-10-14)18-25-26-19(30-18)15-12-24-17(22)11-16(15)23-5/h11-14H,6-10H2,1-5H3,(H,23,24). The molecule has 9 heteroatoms. The Hall–Kier alpha value is -1.93. The van der Waals surface area contributed by atoms with Gasteiger partial charge in [-0.3, -0.25) is 0 Å². The quantitative estimate of drug-likeness (QED) is 0.598. The number of rotatable bonds is 5. The van der Waals surface area contributed by atoms with Gasteiger partial charge in [-0.25, -0.2) is 9.78 Å². The molecule has 0 unspecified atom stereocenters. The second-order valence-electron chi connectivity index (χ2n) is 8.52. The molecule has 2 aromatic heterocycles. The molecule has 1 aliphatic carbocycles. The summed E-state index contributed by atoms with van der Waals surface area (Å²) >= 11 is 7.60. The van der Waals surface area contributed by atoms with Gasteiger partial charge in [0.2, 0.25) is 0 Å². The molecule has 0 spiro atoms. The van der Waals surface area contributed by atoms with Gasteiger partial charge in [0.15, 0.2) is 5.01 Å². The lowest BCUT2D eigenvalue weighted by Crippen LogP contribution is -2.44. The lowest BCUT2D eigenvalue weighted by atomic mass is 9.86. The van der Waals surface area contributed by atoms with Crippen LogP contribution < -0.4 is 5.32 Å². The molecule has 1 aliphatic rings. The first kappa shape index (κ1) is 22.7. The topological polar surface area (TPSA) is 80.2 Å². The fraction of sp³-hybridized carbons (Fsp3) is 0.619. The number of nitrogens with zero attached hydrogens (tertiary/aromatic N) is 4. The Labute approximate surface area is 187 Å². The maximum atomic E-state index is 12.5. The highest BCUT2D eigenvalue weighted by Crippen LogP contribution is 2.39. The molecular weight excluding hydrogens is 422 g/mol. The van der Waals surface area contributed by atoms with Gasteiger partial charge in [0.1, 0.15) is 15.8 Å². The van der Waals surface area contributed by atoms with E-state index >= 15 is 0 Å². The van der Waals surface area contributed by atoms with Crippen molar-refractivity contribution in [2.75, 3.05) is 18.9 Å². The molecule has 1 saturated carbocycles. The summed E-state index contributed by atoms with van der Waals surface area (Å²) in [5, 5.41) is 14.3. The molecule has 0 saturated heterocycles. The predicted octanol–water partition coefficient (Wildman–Crippen LogP) is 5.58. The Kier molecular flexibility index (Phi) is 7.18. The van der Waals surface area contributed by atoms with Crippen molar-refractivity contribution in [3.05, 3.63) is 22.4 Å². The minimum absolute atomic E-state index is 0.213. The molecular formula is C21H30ClN5O2S. The lowest BCUT2D eigenvalue weighted by Gasteiger charge is -2.36. The van der Waals surface area contributed by atoms with Crippen molar-refractivity contribution in [1.29, 1.82) is 0 Å². The fourth-order valence-electron chi connectivity index (χ4n) is 3.81. The first-order valence-electron chi connectivity index (χ1n) is 10.4. The number of nitrogens with one attached hydrogen (secondary N) is 1. The average Bonchev–Trinajstić information content (AvgIpc) is 3.17. The fourth-order valence-corrected chi connectivity index (χ4v) is 5.00. The van der Waals surface area contributed by atoms with Crippen LogP contribution in [0.25, 0.3) is 10.6 Å². The van der Waals surface area contributed by atoms with Crippen molar-refractivity contribution in [2.45, 2.75) is 70.9 Å². The number of pyridine rings is 1. The summed E-state index contributed by atoms with van der Waals surface area (Å²) in [6, 6.07) is 2.00. The Balaban J connectivity index is 1.65.